The van der Waals surface area contributed by atoms with E-state index in [1.165, 1.54) is 32.1 Å². The van der Waals surface area contributed by atoms with Crippen LogP contribution in [0.5, 0.6) is 17.2 Å². The van der Waals surface area contributed by atoms with Gasteiger partial charge in [-0.15, -0.1) is 11.3 Å². The second-order valence-corrected chi connectivity index (χ2v) is 11.6. The normalized spacial score (nSPS) is 22.2. The number of thiazole rings is 1. The predicted molar refractivity (Wildman–Crippen MR) is 152 cm³/mol. The van der Waals surface area contributed by atoms with Crippen molar-refractivity contribution < 1.29 is 24.1 Å². The molecule has 2 unspecified atom stereocenters. The molecule has 4 N–H and O–H groups in total. The van der Waals surface area contributed by atoms with E-state index in [0.717, 1.165) is 51.0 Å². The second kappa shape index (κ2) is 10.7. The Hall–Kier alpha value is -3.76. The number of anilines is 1. The van der Waals surface area contributed by atoms with Crippen molar-refractivity contribution in [1.29, 1.82) is 0 Å². The number of carbonyl (C=O) groups is 1. The largest absolute Gasteiger partial charge is 0.487 e. The van der Waals surface area contributed by atoms with Gasteiger partial charge in [0.2, 0.25) is 6.79 Å². The van der Waals surface area contributed by atoms with E-state index < -0.39 is 12.3 Å². The maximum atomic E-state index is 13.0. The molecule has 2 aromatic carbocycles. The molecular formula is C30H32N4O5S. The van der Waals surface area contributed by atoms with Crippen molar-refractivity contribution in [1.82, 2.24) is 15.6 Å². The zero-order valence-corrected chi connectivity index (χ0v) is 22.9. The average Bonchev–Trinajstić information content (AvgIpc) is 3.66. The Morgan fingerprint density at radius 2 is 1.80 bits per heavy atom. The van der Waals surface area contributed by atoms with Crippen LogP contribution >= 0.6 is 11.3 Å². The highest BCUT2D eigenvalue weighted by Gasteiger charge is 2.33. The van der Waals surface area contributed by atoms with Crippen LogP contribution in [-0.4, -0.2) is 35.7 Å². The molecule has 1 aromatic heterocycles. The molecule has 7 rings (SSSR count). The predicted octanol–water partition coefficient (Wildman–Crippen LogP) is 5.44. The minimum atomic E-state index is -0.783. The molecule has 1 fully saturated rings. The highest BCUT2D eigenvalue weighted by Crippen LogP contribution is 2.42. The highest BCUT2D eigenvalue weighted by molar-refractivity contribution is 7.10. The SMILES string of the molecule is O=C1NC(CCc2ccc3c(c2)OCO3)=C(c2nc(C3CCCCC3)cs2)C(c2ccc3c(c2)NC(O)CO3)N1. The summed E-state index contributed by atoms with van der Waals surface area (Å²) in [5.74, 6) is 2.68. The Balaban J connectivity index is 1.26. The van der Waals surface area contributed by atoms with Gasteiger partial charge in [0.05, 0.1) is 17.4 Å². The first kappa shape index (κ1) is 25.2. The molecule has 1 saturated carbocycles. The van der Waals surface area contributed by atoms with Gasteiger partial charge in [0, 0.05) is 22.6 Å². The number of ether oxygens (including phenoxy) is 3. The number of hydrogen-bond donors (Lipinski definition) is 4. The summed E-state index contributed by atoms with van der Waals surface area (Å²) in [6.07, 6.45) is 6.71. The highest BCUT2D eigenvalue weighted by atomic mass is 32.1. The quantitative estimate of drug-likeness (QED) is 0.317. The molecule has 0 spiro atoms. The lowest BCUT2D eigenvalue weighted by Crippen LogP contribution is -2.43. The summed E-state index contributed by atoms with van der Waals surface area (Å²) >= 11 is 1.64. The number of urea groups is 1. The zero-order chi connectivity index (χ0) is 27.1. The third-order valence-corrected chi connectivity index (χ3v) is 8.98. The van der Waals surface area contributed by atoms with E-state index in [-0.39, 0.29) is 19.4 Å². The van der Waals surface area contributed by atoms with Crippen molar-refractivity contribution in [3.63, 3.8) is 0 Å². The van der Waals surface area contributed by atoms with Crippen molar-refractivity contribution in [2.24, 2.45) is 0 Å². The first-order valence-electron chi connectivity index (χ1n) is 14.0. The van der Waals surface area contributed by atoms with Crippen LogP contribution in [0.1, 0.15) is 72.3 Å². The Labute approximate surface area is 236 Å². The Kier molecular flexibility index (Phi) is 6.73. The molecule has 3 aliphatic heterocycles. The van der Waals surface area contributed by atoms with Crippen LogP contribution in [0.3, 0.4) is 0 Å². The Morgan fingerprint density at radius 1 is 0.950 bits per heavy atom. The molecule has 9 nitrogen and oxygen atoms in total. The summed E-state index contributed by atoms with van der Waals surface area (Å²) in [4.78, 5) is 18.2. The monoisotopic (exact) mass is 560 g/mol. The van der Waals surface area contributed by atoms with E-state index in [1.807, 2.05) is 36.4 Å². The fraction of sp³-hybridized carbons (Fsp3) is 0.400. The van der Waals surface area contributed by atoms with Crippen molar-refractivity contribution in [2.45, 2.75) is 63.1 Å². The summed E-state index contributed by atoms with van der Waals surface area (Å²) in [7, 11) is 0. The van der Waals surface area contributed by atoms with Gasteiger partial charge >= 0.3 is 6.03 Å². The maximum Gasteiger partial charge on any atom is 0.319 e. The molecule has 0 saturated heterocycles. The van der Waals surface area contributed by atoms with Gasteiger partial charge in [-0.25, -0.2) is 9.78 Å². The lowest BCUT2D eigenvalue weighted by atomic mass is 9.87. The Morgan fingerprint density at radius 3 is 2.70 bits per heavy atom. The molecule has 10 heteroatoms. The van der Waals surface area contributed by atoms with E-state index in [4.69, 9.17) is 19.2 Å². The van der Waals surface area contributed by atoms with Crippen LogP contribution in [0, 0.1) is 0 Å². The van der Waals surface area contributed by atoms with Gasteiger partial charge in [0.15, 0.2) is 17.7 Å². The minimum absolute atomic E-state index is 0.189. The standard InChI is InChI=1S/C30H32N4O5S/c35-26-14-37-23-11-8-19(13-21(23)31-26)28-27(29-32-22(15-40-29)18-4-2-1-3-5-18)20(33-30(36)34-28)9-6-17-7-10-24-25(12-17)39-16-38-24/h7-8,10-13,15,18,26,28,31,35H,1-6,9,14,16H2,(H2,33,34,36). The number of rotatable bonds is 6. The molecule has 0 radical (unpaired) electrons. The van der Waals surface area contributed by atoms with Gasteiger partial charge in [0.1, 0.15) is 17.4 Å². The number of nitrogens with one attached hydrogen (secondary N) is 3. The Bertz CT molecular complexity index is 1460. The van der Waals surface area contributed by atoms with E-state index in [2.05, 4.69) is 21.3 Å². The van der Waals surface area contributed by atoms with Crippen LogP contribution in [0.15, 0.2) is 47.5 Å². The molecular weight excluding hydrogens is 528 g/mol. The number of fused-ring (bicyclic) bond motifs is 2. The van der Waals surface area contributed by atoms with Gasteiger partial charge in [-0.2, -0.15) is 0 Å². The second-order valence-electron chi connectivity index (χ2n) is 10.8. The van der Waals surface area contributed by atoms with Gasteiger partial charge < -0.3 is 35.3 Å². The van der Waals surface area contributed by atoms with Crippen LogP contribution < -0.4 is 30.2 Å². The molecule has 4 heterocycles. The number of aromatic nitrogens is 1. The summed E-state index contributed by atoms with van der Waals surface area (Å²) in [6, 6.07) is 11.1. The third-order valence-electron chi connectivity index (χ3n) is 8.09. The molecule has 3 aromatic rings. The van der Waals surface area contributed by atoms with Crippen molar-refractivity contribution in [3.8, 4) is 17.2 Å². The van der Waals surface area contributed by atoms with Gasteiger partial charge in [-0.1, -0.05) is 31.4 Å². The van der Waals surface area contributed by atoms with Crippen molar-refractivity contribution in [3.05, 3.63) is 69.3 Å². The number of amides is 2. The summed E-state index contributed by atoms with van der Waals surface area (Å²) in [5.41, 5.74) is 5.69. The first-order chi connectivity index (χ1) is 19.6. The third kappa shape index (κ3) is 4.97. The molecule has 0 bridgehead atoms. The van der Waals surface area contributed by atoms with Crippen LogP contribution in [0.25, 0.3) is 5.57 Å². The number of nitrogens with zero attached hydrogens (tertiary/aromatic N) is 1. The van der Waals surface area contributed by atoms with Gasteiger partial charge in [-0.3, -0.25) is 0 Å². The zero-order valence-electron chi connectivity index (χ0n) is 22.1. The number of aliphatic hydroxyl groups excluding tert-OH is 1. The lowest BCUT2D eigenvalue weighted by molar-refractivity contribution is 0.119. The maximum absolute atomic E-state index is 13.0. The molecule has 208 valence electrons. The topological polar surface area (TPSA) is 114 Å². The van der Waals surface area contributed by atoms with Gasteiger partial charge in [0.25, 0.3) is 0 Å². The fourth-order valence-electron chi connectivity index (χ4n) is 6.03. The number of aryl methyl sites for hydroxylation is 1. The van der Waals surface area contributed by atoms with Crippen LogP contribution in [0.4, 0.5) is 10.5 Å². The minimum Gasteiger partial charge on any atom is -0.487 e. The summed E-state index contributed by atoms with van der Waals surface area (Å²) in [5, 5.41) is 22.5. The molecule has 1 aliphatic carbocycles. The number of aliphatic hydroxyl groups is 1. The van der Waals surface area contributed by atoms with E-state index in [1.54, 1.807) is 11.3 Å². The first-order valence-corrected chi connectivity index (χ1v) is 14.8. The molecule has 2 amide bonds. The number of hydrogen-bond acceptors (Lipinski definition) is 8. The number of carbonyl (C=O) groups excluding carboxylic acids is 1. The average molecular weight is 561 g/mol. The smallest absolute Gasteiger partial charge is 0.319 e. The van der Waals surface area contributed by atoms with Gasteiger partial charge in [-0.05, 0) is 61.1 Å². The van der Waals surface area contributed by atoms with E-state index in [0.29, 0.717) is 23.8 Å². The van der Waals surface area contributed by atoms with E-state index >= 15 is 0 Å². The fourth-order valence-corrected chi connectivity index (χ4v) is 7.04. The molecule has 4 aliphatic rings. The molecule has 2 atom stereocenters. The summed E-state index contributed by atoms with van der Waals surface area (Å²) < 4.78 is 16.7. The van der Waals surface area contributed by atoms with Crippen LogP contribution in [-0.2, 0) is 6.42 Å². The van der Waals surface area contributed by atoms with Crippen molar-refractivity contribution in [2.75, 3.05) is 18.7 Å². The number of benzene rings is 2. The number of allylic oxidation sites excluding steroid dienone is 1. The molecule has 40 heavy (non-hydrogen) atoms. The van der Waals surface area contributed by atoms with E-state index in [9.17, 15) is 9.90 Å². The van der Waals surface area contributed by atoms with Crippen molar-refractivity contribution >= 4 is 28.6 Å². The summed E-state index contributed by atoms with van der Waals surface area (Å²) in [6.45, 7) is 0.428. The van der Waals surface area contributed by atoms with Crippen LogP contribution in [0.2, 0.25) is 0 Å². The lowest BCUT2D eigenvalue weighted by Gasteiger charge is -2.31.